The van der Waals surface area contributed by atoms with Crippen molar-refractivity contribution in [3.05, 3.63) is 35.1 Å². The predicted octanol–water partition coefficient (Wildman–Crippen LogP) is 1.90. The molecule has 1 rings (SSSR count). The van der Waals surface area contributed by atoms with Gasteiger partial charge in [-0.05, 0) is 30.2 Å². The molecule has 80 valence electrons. The van der Waals surface area contributed by atoms with Crippen molar-refractivity contribution in [1.29, 1.82) is 0 Å². The fraction of sp³-hybridized carbons (Fsp3) is 0.273. The Morgan fingerprint density at radius 2 is 2.27 bits per heavy atom. The molecule has 15 heavy (non-hydrogen) atoms. The molecule has 0 aliphatic heterocycles. The summed E-state index contributed by atoms with van der Waals surface area (Å²) in [6, 6.07) is 3.73. The van der Waals surface area contributed by atoms with E-state index in [4.69, 9.17) is 5.11 Å². The van der Waals surface area contributed by atoms with Crippen LogP contribution in [-0.4, -0.2) is 17.4 Å². The molecule has 1 atom stereocenters. The molecule has 1 aromatic carbocycles. The van der Waals surface area contributed by atoms with E-state index < -0.39 is 17.7 Å². The Morgan fingerprint density at radius 1 is 1.60 bits per heavy atom. The van der Waals surface area contributed by atoms with E-state index in [9.17, 15) is 14.0 Å². The Bertz CT molecular complexity index is 387. The normalized spacial score (nSPS) is 12.1. The first-order valence-electron chi connectivity index (χ1n) is 4.51. The van der Waals surface area contributed by atoms with Gasteiger partial charge in [-0.2, -0.15) is 0 Å². The first-order chi connectivity index (χ1) is 7.04. The summed E-state index contributed by atoms with van der Waals surface area (Å²) in [6.45, 7) is 1.52. The minimum atomic E-state index is -0.962. The number of aldehydes is 1. The summed E-state index contributed by atoms with van der Waals surface area (Å²) >= 11 is 0. The number of carboxylic acids is 1. The molecule has 0 bridgehead atoms. The van der Waals surface area contributed by atoms with E-state index in [0.29, 0.717) is 17.4 Å². The van der Waals surface area contributed by atoms with Crippen LogP contribution in [-0.2, 0) is 11.2 Å². The monoisotopic (exact) mass is 210 g/mol. The lowest BCUT2D eigenvalue weighted by atomic mass is 9.97. The minimum Gasteiger partial charge on any atom is -0.481 e. The highest BCUT2D eigenvalue weighted by molar-refractivity contribution is 5.78. The molecule has 0 aliphatic rings. The smallest absolute Gasteiger partial charge is 0.306 e. The number of benzene rings is 1. The van der Waals surface area contributed by atoms with Gasteiger partial charge in [0.05, 0.1) is 5.92 Å². The van der Waals surface area contributed by atoms with Crippen LogP contribution in [0.1, 0.15) is 22.8 Å². The summed E-state index contributed by atoms with van der Waals surface area (Å²) in [5.41, 5.74) is 0.768. The zero-order valence-electron chi connectivity index (χ0n) is 8.24. The van der Waals surface area contributed by atoms with Gasteiger partial charge in [0.1, 0.15) is 12.1 Å². The number of hydrogen-bond acceptors (Lipinski definition) is 2. The Kier molecular flexibility index (Phi) is 3.55. The van der Waals surface area contributed by atoms with E-state index in [0.717, 1.165) is 0 Å². The number of carbonyl (C=O) groups is 2. The van der Waals surface area contributed by atoms with E-state index >= 15 is 0 Å². The van der Waals surface area contributed by atoms with E-state index in [1.165, 1.54) is 25.1 Å². The molecule has 0 radical (unpaired) electrons. The molecule has 0 heterocycles. The number of hydrogen-bond donors (Lipinski definition) is 1. The molecule has 0 amide bonds. The maximum atomic E-state index is 12.9. The van der Waals surface area contributed by atoms with Crippen LogP contribution in [0.15, 0.2) is 18.2 Å². The fourth-order valence-corrected chi connectivity index (χ4v) is 1.28. The minimum absolute atomic E-state index is 0.154. The largest absolute Gasteiger partial charge is 0.481 e. The first-order valence-corrected chi connectivity index (χ1v) is 4.51. The molecule has 3 nitrogen and oxygen atoms in total. The average molecular weight is 210 g/mol. The van der Waals surface area contributed by atoms with E-state index in [2.05, 4.69) is 0 Å². The summed E-state index contributed by atoms with van der Waals surface area (Å²) in [5, 5.41) is 8.69. The van der Waals surface area contributed by atoms with Crippen molar-refractivity contribution in [3.63, 3.8) is 0 Å². The molecule has 0 aliphatic carbocycles. The van der Waals surface area contributed by atoms with Gasteiger partial charge in [0.15, 0.2) is 0 Å². The second-order valence-electron chi connectivity index (χ2n) is 3.40. The number of rotatable bonds is 4. The van der Waals surface area contributed by atoms with Gasteiger partial charge < -0.3 is 5.11 Å². The van der Waals surface area contributed by atoms with Crippen LogP contribution in [0, 0.1) is 11.7 Å². The van der Waals surface area contributed by atoms with Crippen LogP contribution < -0.4 is 0 Å². The van der Waals surface area contributed by atoms with Crippen molar-refractivity contribution >= 4 is 12.3 Å². The zero-order chi connectivity index (χ0) is 11.4. The Hall–Kier alpha value is -1.71. The quantitative estimate of drug-likeness (QED) is 0.772. The van der Waals surface area contributed by atoms with Crippen molar-refractivity contribution in [2.24, 2.45) is 5.92 Å². The predicted molar refractivity (Wildman–Crippen MR) is 52.3 cm³/mol. The van der Waals surface area contributed by atoms with Crippen molar-refractivity contribution in [2.75, 3.05) is 0 Å². The van der Waals surface area contributed by atoms with Gasteiger partial charge in [-0.1, -0.05) is 6.92 Å². The van der Waals surface area contributed by atoms with Crippen molar-refractivity contribution in [1.82, 2.24) is 0 Å². The number of carboxylic acid groups (broad SMARTS) is 1. The van der Waals surface area contributed by atoms with Gasteiger partial charge in [0.25, 0.3) is 0 Å². The molecule has 0 aromatic heterocycles. The number of aliphatic carboxylic acids is 1. The SMILES string of the molecule is CC(Cc1cc(F)ccc1C=O)C(=O)O. The summed E-state index contributed by atoms with van der Waals surface area (Å²) < 4.78 is 12.9. The van der Waals surface area contributed by atoms with Gasteiger partial charge in [-0.25, -0.2) is 4.39 Å². The number of carbonyl (C=O) groups excluding carboxylic acids is 1. The average Bonchev–Trinajstić information content (AvgIpc) is 2.18. The maximum absolute atomic E-state index is 12.9. The second-order valence-corrected chi connectivity index (χ2v) is 3.40. The van der Waals surface area contributed by atoms with Crippen LogP contribution in [0.5, 0.6) is 0 Å². The van der Waals surface area contributed by atoms with Crippen LogP contribution in [0.4, 0.5) is 4.39 Å². The van der Waals surface area contributed by atoms with Gasteiger partial charge >= 0.3 is 5.97 Å². The highest BCUT2D eigenvalue weighted by atomic mass is 19.1. The lowest BCUT2D eigenvalue weighted by Crippen LogP contribution is -2.13. The third kappa shape index (κ3) is 2.87. The lowest BCUT2D eigenvalue weighted by molar-refractivity contribution is -0.141. The number of halogens is 1. The topological polar surface area (TPSA) is 54.4 Å². The third-order valence-electron chi connectivity index (χ3n) is 2.18. The van der Waals surface area contributed by atoms with Crippen molar-refractivity contribution in [3.8, 4) is 0 Å². The van der Waals surface area contributed by atoms with Crippen LogP contribution in [0.25, 0.3) is 0 Å². The van der Waals surface area contributed by atoms with Crippen molar-refractivity contribution in [2.45, 2.75) is 13.3 Å². The van der Waals surface area contributed by atoms with Gasteiger partial charge in [-0.15, -0.1) is 0 Å². The summed E-state index contributed by atoms with van der Waals surface area (Å²) in [5.74, 6) is -2.06. The van der Waals surface area contributed by atoms with Gasteiger partial charge in [0.2, 0.25) is 0 Å². The molecule has 0 fully saturated rings. The van der Waals surface area contributed by atoms with E-state index in [1.54, 1.807) is 0 Å². The molecule has 0 spiro atoms. The second kappa shape index (κ2) is 4.68. The summed E-state index contributed by atoms with van der Waals surface area (Å²) in [4.78, 5) is 21.2. The highest BCUT2D eigenvalue weighted by Crippen LogP contribution is 2.14. The van der Waals surface area contributed by atoms with E-state index in [1.807, 2.05) is 0 Å². The maximum Gasteiger partial charge on any atom is 0.306 e. The molecule has 1 unspecified atom stereocenters. The Balaban J connectivity index is 2.96. The lowest BCUT2D eigenvalue weighted by Gasteiger charge is -2.08. The summed E-state index contributed by atoms with van der Waals surface area (Å²) in [6.07, 6.45) is 0.754. The molecular weight excluding hydrogens is 199 g/mol. The fourth-order valence-electron chi connectivity index (χ4n) is 1.28. The molecule has 1 aromatic rings. The molecule has 0 saturated carbocycles. The van der Waals surface area contributed by atoms with Crippen LogP contribution >= 0.6 is 0 Å². The Labute approximate surface area is 86.5 Å². The molecule has 0 saturated heterocycles. The standard InChI is InChI=1S/C11H11FO3/c1-7(11(14)15)4-9-5-10(12)3-2-8(9)6-13/h2-3,5-7H,4H2,1H3,(H,14,15). The van der Waals surface area contributed by atoms with E-state index in [-0.39, 0.29) is 6.42 Å². The molecular formula is C11H11FO3. The van der Waals surface area contributed by atoms with Crippen LogP contribution in [0.2, 0.25) is 0 Å². The van der Waals surface area contributed by atoms with Crippen molar-refractivity contribution < 1.29 is 19.1 Å². The molecule has 4 heteroatoms. The van der Waals surface area contributed by atoms with Gasteiger partial charge in [0, 0.05) is 5.56 Å². The van der Waals surface area contributed by atoms with Gasteiger partial charge in [-0.3, -0.25) is 9.59 Å². The third-order valence-corrected chi connectivity index (χ3v) is 2.18. The Morgan fingerprint density at radius 3 is 2.80 bits per heavy atom. The zero-order valence-corrected chi connectivity index (χ0v) is 8.24. The van der Waals surface area contributed by atoms with Crippen LogP contribution in [0.3, 0.4) is 0 Å². The molecule has 1 N–H and O–H groups in total. The highest BCUT2D eigenvalue weighted by Gasteiger charge is 2.14. The first kappa shape index (κ1) is 11.4. The summed E-state index contributed by atoms with van der Waals surface area (Å²) in [7, 11) is 0.